The molecule has 0 aliphatic heterocycles. The Morgan fingerprint density at radius 1 is 0.619 bits per heavy atom. The SMILES string of the molecule is COC(C)C(C=C[C@H](C)C(C)N(c1ccc(C/C=C\c2ccccc2)cc1)C(C)OC)[C@@H](C)/C=C\Cc1ccccc1. The van der Waals surface area contributed by atoms with Crippen LogP contribution >= 0.6 is 0 Å². The summed E-state index contributed by atoms with van der Waals surface area (Å²) in [4.78, 5) is 2.39. The third-order valence-corrected chi connectivity index (χ3v) is 8.42. The summed E-state index contributed by atoms with van der Waals surface area (Å²) in [5.41, 5.74) is 5.03. The number of rotatable bonds is 16. The molecular weight excluding hydrogens is 514 g/mol. The zero-order chi connectivity index (χ0) is 30.3. The molecule has 0 saturated heterocycles. The Morgan fingerprint density at radius 3 is 1.83 bits per heavy atom. The average molecular weight is 566 g/mol. The van der Waals surface area contributed by atoms with Crippen LogP contribution in [-0.4, -0.2) is 32.6 Å². The first-order chi connectivity index (χ1) is 20.3. The lowest BCUT2D eigenvalue weighted by Gasteiger charge is -2.38. The van der Waals surface area contributed by atoms with Crippen LogP contribution in [0.1, 0.15) is 51.3 Å². The number of methoxy groups -OCH3 is 2. The lowest BCUT2D eigenvalue weighted by molar-refractivity contribution is 0.0714. The summed E-state index contributed by atoms with van der Waals surface area (Å²) < 4.78 is 11.7. The van der Waals surface area contributed by atoms with E-state index in [0.717, 1.165) is 12.8 Å². The minimum absolute atomic E-state index is 0.0479. The smallest absolute Gasteiger partial charge is 0.127 e. The summed E-state index contributed by atoms with van der Waals surface area (Å²) in [5.74, 6) is 0.955. The second-order valence-electron chi connectivity index (χ2n) is 11.4. The summed E-state index contributed by atoms with van der Waals surface area (Å²) in [6, 6.07) is 30.2. The second-order valence-corrected chi connectivity index (χ2v) is 11.4. The molecule has 4 unspecified atom stereocenters. The minimum Gasteiger partial charge on any atom is -0.381 e. The molecule has 3 aromatic carbocycles. The van der Waals surface area contributed by atoms with Gasteiger partial charge in [0.2, 0.25) is 0 Å². The van der Waals surface area contributed by atoms with Gasteiger partial charge in [0.05, 0.1) is 6.10 Å². The van der Waals surface area contributed by atoms with Gasteiger partial charge in [-0.05, 0) is 74.3 Å². The molecule has 6 atom stereocenters. The molecule has 0 spiro atoms. The Bertz CT molecular complexity index is 1230. The van der Waals surface area contributed by atoms with E-state index in [4.69, 9.17) is 9.47 Å². The fourth-order valence-corrected chi connectivity index (χ4v) is 5.38. The Balaban J connectivity index is 1.68. The van der Waals surface area contributed by atoms with Crippen molar-refractivity contribution in [3.05, 3.63) is 132 Å². The van der Waals surface area contributed by atoms with Gasteiger partial charge in [0.1, 0.15) is 6.23 Å². The monoisotopic (exact) mass is 565 g/mol. The quantitative estimate of drug-likeness (QED) is 0.128. The zero-order valence-corrected chi connectivity index (χ0v) is 26.7. The van der Waals surface area contributed by atoms with Crippen molar-refractivity contribution in [1.82, 2.24) is 0 Å². The molecule has 3 heteroatoms. The van der Waals surface area contributed by atoms with Crippen molar-refractivity contribution in [3.8, 4) is 0 Å². The predicted molar refractivity (Wildman–Crippen MR) is 181 cm³/mol. The highest BCUT2D eigenvalue weighted by Crippen LogP contribution is 2.28. The van der Waals surface area contributed by atoms with E-state index in [1.165, 1.54) is 22.4 Å². The van der Waals surface area contributed by atoms with Gasteiger partial charge >= 0.3 is 0 Å². The molecule has 0 amide bonds. The molecule has 3 nitrogen and oxygen atoms in total. The fraction of sp³-hybridized carbons (Fsp3) is 0.385. The maximum Gasteiger partial charge on any atom is 0.127 e. The van der Waals surface area contributed by atoms with E-state index < -0.39 is 0 Å². The number of allylic oxidation sites excluding steroid dienone is 3. The van der Waals surface area contributed by atoms with Gasteiger partial charge in [0.15, 0.2) is 0 Å². The van der Waals surface area contributed by atoms with Crippen LogP contribution in [0.4, 0.5) is 5.69 Å². The Hall–Kier alpha value is -3.40. The molecule has 3 aromatic rings. The highest BCUT2D eigenvalue weighted by atomic mass is 16.5. The molecular formula is C39H51NO2. The van der Waals surface area contributed by atoms with Gasteiger partial charge in [-0.1, -0.05) is 123 Å². The number of hydrogen-bond donors (Lipinski definition) is 0. The van der Waals surface area contributed by atoms with Crippen molar-refractivity contribution in [2.24, 2.45) is 17.8 Å². The maximum absolute atomic E-state index is 5.84. The molecule has 0 saturated carbocycles. The highest BCUT2D eigenvalue weighted by Gasteiger charge is 2.25. The van der Waals surface area contributed by atoms with E-state index in [2.05, 4.69) is 155 Å². The normalized spacial score (nSPS) is 16.5. The average Bonchev–Trinajstić information content (AvgIpc) is 3.02. The number of hydrogen-bond acceptors (Lipinski definition) is 3. The summed E-state index contributed by atoms with van der Waals surface area (Å²) in [6.07, 6.45) is 15.7. The van der Waals surface area contributed by atoms with Crippen LogP contribution in [0.2, 0.25) is 0 Å². The summed E-state index contributed by atoms with van der Waals surface area (Å²) >= 11 is 0. The first-order valence-electron chi connectivity index (χ1n) is 15.4. The van der Waals surface area contributed by atoms with Crippen molar-refractivity contribution in [2.75, 3.05) is 19.1 Å². The van der Waals surface area contributed by atoms with Gasteiger partial charge in [-0.2, -0.15) is 0 Å². The van der Waals surface area contributed by atoms with E-state index in [1.807, 2.05) is 6.07 Å². The van der Waals surface area contributed by atoms with Gasteiger partial charge in [0, 0.05) is 31.9 Å². The zero-order valence-electron chi connectivity index (χ0n) is 26.7. The van der Waals surface area contributed by atoms with Crippen LogP contribution in [0.3, 0.4) is 0 Å². The molecule has 0 aliphatic rings. The van der Waals surface area contributed by atoms with Crippen LogP contribution in [-0.2, 0) is 22.3 Å². The highest BCUT2D eigenvalue weighted by molar-refractivity contribution is 5.52. The fourth-order valence-electron chi connectivity index (χ4n) is 5.38. The van der Waals surface area contributed by atoms with Crippen LogP contribution in [0.5, 0.6) is 0 Å². The summed E-state index contributed by atoms with van der Waals surface area (Å²) in [7, 11) is 3.59. The molecule has 42 heavy (non-hydrogen) atoms. The van der Waals surface area contributed by atoms with E-state index in [0.29, 0.717) is 11.8 Å². The van der Waals surface area contributed by atoms with Gasteiger partial charge in [-0.15, -0.1) is 0 Å². The maximum atomic E-state index is 5.84. The minimum atomic E-state index is -0.0479. The Kier molecular flexibility index (Phi) is 13.8. The van der Waals surface area contributed by atoms with Gasteiger partial charge in [-0.25, -0.2) is 0 Å². The van der Waals surface area contributed by atoms with Crippen molar-refractivity contribution in [2.45, 2.75) is 65.8 Å². The second kappa shape index (κ2) is 17.5. The topological polar surface area (TPSA) is 21.7 Å². The van der Waals surface area contributed by atoms with Crippen LogP contribution in [0.15, 0.2) is 115 Å². The summed E-state index contributed by atoms with van der Waals surface area (Å²) in [5, 5.41) is 0. The van der Waals surface area contributed by atoms with E-state index in [1.54, 1.807) is 14.2 Å². The lowest BCUT2D eigenvalue weighted by atomic mass is 9.86. The number of ether oxygens (including phenoxy) is 2. The van der Waals surface area contributed by atoms with Crippen LogP contribution < -0.4 is 4.90 Å². The van der Waals surface area contributed by atoms with E-state index in [9.17, 15) is 0 Å². The molecule has 224 valence electrons. The van der Waals surface area contributed by atoms with Gasteiger partial charge in [-0.3, -0.25) is 0 Å². The molecule has 0 N–H and O–H groups in total. The van der Waals surface area contributed by atoms with Crippen molar-refractivity contribution in [3.63, 3.8) is 0 Å². The first kappa shape index (κ1) is 33.1. The largest absolute Gasteiger partial charge is 0.381 e. The molecule has 0 aliphatic carbocycles. The van der Waals surface area contributed by atoms with Crippen molar-refractivity contribution >= 4 is 11.8 Å². The van der Waals surface area contributed by atoms with Gasteiger partial charge < -0.3 is 14.4 Å². The standard InChI is InChI=1S/C39H51NO2/c1-30(24-29-39(33(4)41-6)31(2)16-14-21-35-17-10-8-11-18-35)32(3)40(34(5)42-7)38-27-25-37(26-28-38)23-15-22-36-19-12-9-13-20-36/h8-20,22,24-34,39H,21,23H2,1-7H3/b16-14-,22-15-,29-24?/t30-,31-,32?,33?,34?,39?/m0/s1. The lowest BCUT2D eigenvalue weighted by Crippen LogP contribution is -2.44. The predicted octanol–water partition coefficient (Wildman–Crippen LogP) is 9.41. The molecule has 0 heterocycles. The third kappa shape index (κ3) is 10.2. The molecule has 0 bridgehead atoms. The molecule has 3 rings (SSSR count). The van der Waals surface area contributed by atoms with E-state index in [-0.39, 0.29) is 24.3 Å². The Morgan fingerprint density at radius 2 is 1.21 bits per heavy atom. The molecule has 0 aromatic heterocycles. The number of anilines is 1. The third-order valence-electron chi connectivity index (χ3n) is 8.42. The first-order valence-corrected chi connectivity index (χ1v) is 15.4. The summed E-state index contributed by atoms with van der Waals surface area (Å²) in [6.45, 7) is 11.2. The van der Waals surface area contributed by atoms with Crippen LogP contribution in [0.25, 0.3) is 6.08 Å². The van der Waals surface area contributed by atoms with Crippen molar-refractivity contribution in [1.29, 1.82) is 0 Å². The van der Waals surface area contributed by atoms with Crippen molar-refractivity contribution < 1.29 is 9.47 Å². The molecule has 0 radical (unpaired) electrons. The Labute approximate surface area is 255 Å². The molecule has 0 fully saturated rings. The van der Waals surface area contributed by atoms with E-state index >= 15 is 0 Å². The van der Waals surface area contributed by atoms with Crippen LogP contribution in [0, 0.1) is 17.8 Å². The number of nitrogens with zero attached hydrogens (tertiary/aromatic N) is 1. The number of benzene rings is 3. The van der Waals surface area contributed by atoms with Gasteiger partial charge in [0.25, 0.3) is 0 Å².